The van der Waals surface area contributed by atoms with Crippen LogP contribution in [0.2, 0.25) is 10.0 Å². The first kappa shape index (κ1) is 16.6. The molecule has 0 aliphatic carbocycles. The summed E-state index contributed by atoms with van der Waals surface area (Å²) in [5, 5.41) is 3.80. The number of rotatable bonds is 6. The van der Waals surface area contributed by atoms with Gasteiger partial charge in [-0.1, -0.05) is 35.3 Å². The van der Waals surface area contributed by atoms with Crippen molar-refractivity contribution in [3.05, 3.63) is 33.8 Å². The number of carbonyl (C=O) groups is 1. The minimum Gasteiger partial charge on any atom is -0.348 e. The van der Waals surface area contributed by atoms with E-state index in [0.29, 0.717) is 16.5 Å². The monoisotopic (exact) mass is 320 g/mol. The molecule has 1 aromatic rings. The lowest BCUT2D eigenvalue weighted by atomic mass is 10.1. The van der Waals surface area contributed by atoms with E-state index in [1.54, 1.807) is 23.9 Å². The fourth-order valence-electron chi connectivity index (χ4n) is 1.63. The molecule has 0 saturated carbocycles. The van der Waals surface area contributed by atoms with Gasteiger partial charge in [-0.25, -0.2) is 0 Å². The summed E-state index contributed by atoms with van der Waals surface area (Å²) in [6.07, 6.45) is 2.64. The standard InChI is InChI=1S/C13H18Cl2N2OS/c1-8(9-4-3-5-10(14)12(9)15)17-13(18)11(16)6-7-19-2/h3-5,8,11H,6-7,16H2,1-2H3,(H,17,18)/t8?,11-/m0/s1. The number of amides is 1. The quantitative estimate of drug-likeness (QED) is 0.846. The fraction of sp³-hybridized carbons (Fsp3) is 0.462. The number of halogens is 2. The van der Waals surface area contributed by atoms with E-state index in [1.165, 1.54) is 0 Å². The molecule has 3 nitrogen and oxygen atoms in total. The predicted octanol–water partition coefficient (Wildman–Crippen LogP) is 3.25. The molecule has 0 fully saturated rings. The van der Waals surface area contributed by atoms with Crippen LogP contribution in [0.4, 0.5) is 0 Å². The van der Waals surface area contributed by atoms with Crippen LogP contribution in [0.3, 0.4) is 0 Å². The predicted molar refractivity (Wildman–Crippen MR) is 84.0 cm³/mol. The highest BCUT2D eigenvalue weighted by molar-refractivity contribution is 7.98. The van der Waals surface area contributed by atoms with Crippen molar-refractivity contribution in [2.24, 2.45) is 5.73 Å². The fourth-order valence-corrected chi connectivity index (χ4v) is 2.59. The smallest absolute Gasteiger partial charge is 0.237 e. The zero-order chi connectivity index (χ0) is 14.4. The summed E-state index contributed by atoms with van der Waals surface area (Å²) in [5.41, 5.74) is 6.60. The molecule has 3 N–H and O–H groups in total. The van der Waals surface area contributed by atoms with Crippen molar-refractivity contribution in [3.63, 3.8) is 0 Å². The molecule has 0 saturated heterocycles. The van der Waals surface area contributed by atoms with Crippen LogP contribution < -0.4 is 11.1 Å². The highest BCUT2D eigenvalue weighted by atomic mass is 35.5. The third kappa shape index (κ3) is 4.88. The van der Waals surface area contributed by atoms with Crippen LogP contribution in [0.15, 0.2) is 18.2 Å². The van der Waals surface area contributed by atoms with E-state index in [0.717, 1.165) is 11.3 Å². The number of hydrogen-bond acceptors (Lipinski definition) is 3. The summed E-state index contributed by atoms with van der Waals surface area (Å²) in [5.74, 6) is 0.693. The summed E-state index contributed by atoms with van der Waals surface area (Å²) in [7, 11) is 0. The Morgan fingerprint density at radius 3 is 2.79 bits per heavy atom. The molecule has 19 heavy (non-hydrogen) atoms. The molecule has 1 rings (SSSR count). The number of hydrogen-bond donors (Lipinski definition) is 2. The number of carbonyl (C=O) groups excluding carboxylic acids is 1. The lowest BCUT2D eigenvalue weighted by molar-refractivity contribution is -0.123. The van der Waals surface area contributed by atoms with Crippen LogP contribution in [0.1, 0.15) is 24.9 Å². The molecule has 6 heteroatoms. The highest BCUT2D eigenvalue weighted by Gasteiger charge is 2.18. The third-order valence-electron chi connectivity index (χ3n) is 2.78. The summed E-state index contributed by atoms with van der Waals surface area (Å²) in [6.45, 7) is 1.86. The van der Waals surface area contributed by atoms with E-state index in [-0.39, 0.29) is 11.9 Å². The Kier molecular flexibility index (Phi) is 7.00. The van der Waals surface area contributed by atoms with Crippen LogP contribution in [0.25, 0.3) is 0 Å². The zero-order valence-corrected chi connectivity index (χ0v) is 13.3. The largest absolute Gasteiger partial charge is 0.348 e. The molecule has 1 amide bonds. The van der Waals surface area contributed by atoms with Crippen molar-refractivity contribution >= 4 is 40.9 Å². The van der Waals surface area contributed by atoms with Gasteiger partial charge in [-0.15, -0.1) is 0 Å². The maximum Gasteiger partial charge on any atom is 0.237 e. The lowest BCUT2D eigenvalue weighted by Crippen LogP contribution is -2.42. The average Bonchev–Trinajstić information content (AvgIpc) is 2.38. The van der Waals surface area contributed by atoms with Gasteiger partial charge in [0.05, 0.1) is 22.1 Å². The Hall–Kier alpha value is -0.420. The van der Waals surface area contributed by atoms with Crippen molar-refractivity contribution in [2.75, 3.05) is 12.0 Å². The van der Waals surface area contributed by atoms with Gasteiger partial charge in [-0.05, 0) is 37.0 Å². The van der Waals surface area contributed by atoms with Crippen LogP contribution in [0, 0.1) is 0 Å². The first-order valence-electron chi connectivity index (χ1n) is 5.96. The summed E-state index contributed by atoms with van der Waals surface area (Å²) in [6, 6.07) is 4.64. The Morgan fingerprint density at radius 1 is 1.47 bits per heavy atom. The summed E-state index contributed by atoms with van der Waals surface area (Å²) < 4.78 is 0. The van der Waals surface area contributed by atoms with Gasteiger partial charge in [0.2, 0.25) is 5.91 Å². The molecule has 0 bridgehead atoms. The van der Waals surface area contributed by atoms with E-state index >= 15 is 0 Å². The Labute approximate surface area is 128 Å². The molecule has 0 aliphatic rings. The second-order valence-corrected chi connectivity index (χ2v) is 6.03. The molecule has 0 aromatic heterocycles. The topological polar surface area (TPSA) is 55.1 Å². The average molecular weight is 321 g/mol. The molecule has 1 unspecified atom stereocenters. The molecule has 0 spiro atoms. The third-order valence-corrected chi connectivity index (χ3v) is 4.25. The van der Waals surface area contributed by atoms with Crippen LogP contribution in [-0.4, -0.2) is 24.0 Å². The Balaban J connectivity index is 2.66. The first-order chi connectivity index (χ1) is 8.97. The normalized spacial score (nSPS) is 13.9. The van der Waals surface area contributed by atoms with Crippen LogP contribution >= 0.6 is 35.0 Å². The van der Waals surface area contributed by atoms with Crippen molar-refractivity contribution < 1.29 is 4.79 Å². The van der Waals surface area contributed by atoms with E-state index in [4.69, 9.17) is 28.9 Å². The number of nitrogens with one attached hydrogen (secondary N) is 1. The van der Waals surface area contributed by atoms with E-state index in [9.17, 15) is 4.79 Å². The van der Waals surface area contributed by atoms with Crippen LogP contribution in [-0.2, 0) is 4.79 Å². The van der Waals surface area contributed by atoms with Gasteiger partial charge in [0, 0.05) is 0 Å². The SMILES string of the molecule is CSCC[C@H](N)C(=O)NC(C)c1cccc(Cl)c1Cl. The summed E-state index contributed by atoms with van der Waals surface area (Å²) in [4.78, 5) is 11.9. The molecule has 106 valence electrons. The van der Waals surface area contributed by atoms with E-state index in [2.05, 4.69) is 5.32 Å². The van der Waals surface area contributed by atoms with Crippen LogP contribution in [0.5, 0.6) is 0 Å². The number of thioether (sulfide) groups is 1. The zero-order valence-electron chi connectivity index (χ0n) is 11.0. The molecular weight excluding hydrogens is 303 g/mol. The molecule has 0 aliphatic heterocycles. The maximum atomic E-state index is 11.9. The van der Waals surface area contributed by atoms with Gasteiger partial charge in [0.1, 0.15) is 0 Å². The minimum absolute atomic E-state index is 0.169. The molecule has 0 radical (unpaired) electrons. The van der Waals surface area contributed by atoms with Gasteiger partial charge >= 0.3 is 0 Å². The van der Waals surface area contributed by atoms with Crippen molar-refractivity contribution in [2.45, 2.75) is 25.4 Å². The Bertz CT molecular complexity index is 443. The highest BCUT2D eigenvalue weighted by Crippen LogP contribution is 2.29. The van der Waals surface area contributed by atoms with Crippen molar-refractivity contribution in [1.29, 1.82) is 0 Å². The van der Waals surface area contributed by atoms with E-state index < -0.39 is 6.04 Å². The van der Waals surface area contributed by atoms with Gasteiger partial charge in [0.15, 0.2) is 0 Å². The minimum atomic E-state index is -0.493. The number of benzene rings is 1. The second-order valence-electron chi connectivity index (χ2n) is 4.26. The van der Waals surface area contributed by atoms with Crippen molar-refractivity contribution in [3.8, 4) is 0 Å². The first-order valence-corrected chi connectivity index (χ1v) is 8.11. The van der Waals surface area contributed by atoms with Gasteiger partial charge in [-0.2, -0.15) is 11.8 Å². The molecule has 0 heterocycles. The number of nitrogens with two attached hydrogens (primary N) is 1. The second kappa shape index (κ2) is 8.00. The maximum absolute atomic E-state index is 11.9. The van der Waals surface area contributed by atoms with Gasteiger partial charge < -0.3 is 11.1 Å². The van der Waals surface area contributed by atoms with Crippen molar-refractivity contribution in [1.82, 2.24) is 5.32 Å². The van der Waals surface area contributed by atoms with Gasteiger partial charge in [-0.3, -0.25) is 4.79 Å². The summed E-state index contributed by atoms with van der Waals surface area (Å²) >= 11 is 13.7. The molecular formula is C13H18Cl2N2OS. The van der Waals surface area contributed by atoms with E-state index in [1.807, 2.05) is 19.2 Å². The van der Waals surface area contributed by atoms with Gasteiger partial charge in [0.25, 0.3) is 0 Å². The molecule has 2 atom stereocenters. The lowest BCUT2D eigenvalue weighted by Gasteiger charge is -2.19. The molecule has 1 aromatic carbocycles. The Morgan fingerprint density at radius 2 is 2.16 bits per heavy atom.